The van der Waals surface area contributed by atoms with E-state index in [-0.39, 0.29) is 41.7 Å². The standard InChI is InChI=1S/C25H23N5O4S/c1-14-8-15(2)21(16(3)9-14)28-20(31)12-35-25-29-23-22(26-6-7-27-23)24(32)30(25)11-17-4-5-18-19(10-17)34-13-33-18/h4-10H,11-13H2,1-3H3,(H,28,31). The van der Waals surface area contributed by atoms with Crippen molar-refractivity contribution in [3.05, 3.63) is 75.3 Å². The molecule has 1 amide bonds. The summed E-state index contributed by atoms with van der Waals surface area (Å²) in [6.45, 7) is 6.36. The Morgan fingerprint density at radius 2 is 1.80 bits per heavy atom. The number of ether oxygens (including phenoxy) is 2. The van der Waals surface area contributed by atoms with Crippen LogP contribution in [0.25, 0.3) is 11.2 Å². The monoisotopic (exact) mass is 489 g/mol. The molecule has 9 nitrogen and oxygen atoms in total. The van der Waals surface area contributed by atoms with Crippen LogP contribution in [-0.2, 0) is 11.3 Å². The van der Waals surface area contributed by atoms with Gasteiger partial charge in [0.2, 0.25) is 12.7 Å². The zero-order valence-electron chi connectivity index (χ0n) is 19.5. The van der Waals surface area contributed by atoms with Crippen LogP contribution in [0, 0.1) is 20.8 Å². The number of aryl methyl sites for hydroxylation is 3. The maximum atomic E-state index is 13.3. The van der Waals surface area contributed by atoms with Crippen molar-refractivity contribution < 1.29 is 14.3 Å². The maximum Gasteiger partial charge on any atom is 0.282 e. The highest BCUT2D eigenvalue weighted by molar-refractivity contribution is 7.99. The van der Waals surface area contributed by atoms with Crippen molar-refractivity contribution in [2.24, 2.45) is 0 Å². The molecule has 4 aromatic rings. The van der Waals surface area contributed by atoms with Gasteiger partial charge in [-0.25, -0.2) is 15.0 Å². The molecular formula is C25H23N5O4S. The number of amides is 1. The van der Waals surface area contributed by atoms with Crippen LogP contribution >= 0.6 is 11.8 Å². The number of nitrogens with zero attached hydrogens (tertiary/aromatic N) is 4. The van der Waals surface area contributed by atoms with Gasteiger partial charge in [-0.05, 0) is 49.6 Å². The number of hydrogen-bond acceptors (Lipinski definition) is 8. The average Bonchev–Trinajstić information content (AvgIpc) is 3.30. The van der Waals surface area contributed by atoms with Gasteiger partial charge in [-0.3, -0.25) is 14.2 Å². The van der Waals surface area contributed by atoms with Gasteiger partial charge in [0.15, 0.2) is 27.8 Å². The molecule has 0 radical (unpaired) electrons. The lowest BCUT2D eigenvalue weighted by Gasteiger charge is -2.14. The first kappa shape index (κ1) is 22.9. The second-order valence-corrected chi connectivity index (χ2v) is 9.25. The lowest BCUT2D eigenvalue weighted by atomic mass is 10.1. The molecule has 10 heteroatoms. The van der Waals surface area contributed by atoms with Gasteiger partial charge >= 0.3 is 0 Å². The molecule has 1 N–H and O–H groups in total. The Hall–Kier alpha value is -3.92. The highest BCUT2D eigenvalue weighted by atomic mass is 32.2. The first-order valence-electron chi connectivity index (χ1n) is 11.0. The summed E-state index contributed by atoms with van der Waals surface area (Å²) in [6, 6.07) is 9.57. The van der Waals surface area contributed by atoms with Gasteiger partial charge in [0.1, 0.15) is 0 Å². The molecule has 1 aliphatic rings. The van der Waals surface area contributed by atoms with Gasteiger partial charge in [-0.2, -0.15) is 0 Å². The summed E-state index contributed by atoms with van der Waals surface area (Å²) < 4.78 is 12.3. The largest absolute Gasteiger partial charge is 0.454 e. The van der Waals surface area contributed by atoms with Crippen LogP contribution in [0.1, 0.15) is 22.3 Å². The molecule has 0 fully saturated rings. The minimum absolute atomic E-state index is 0.0755. The van der Waals surface area contributed by atoms with Gasteiger partial charge in [0, 0.05) is 18.1 Å². The van der Waals surface area contributed by atoms with E-state index in [4.69, 9.17) is 9.47 Å². The number of anilines is 1. The second-order valence-electron chi connectivity index (χ2n) is 8.31. The molecule has 0 atom stereocenters. The Labute approximate surface area is 205 Å². The van der Waals surface area contributed by atoms with E-state index in [0.29, 0.717) is 16.7 Å². The molecule has 2 aromatic carbocycles. The zero-order valence-corrected chi connectivity index (χ0v) is 20.3. The number of aromatic nitrogens is 4. The van der Waals surface area contributed by atoms with E-state index in [9.17, 15) is 9.59 Å². The van der Waals surface area contributed by atoms with Crippen molar-refractivity contribution in [3.8, 4) is 11.5 Å². The molecule has 2 aromatic heterocycles. The SMILES string of the molecule is Cc1cc(C)c(NC(=O)CSc2nc3nccnc3c(=O)n2Cc2ccc3c(c2)OCO3)c(C)c1. The third kappa shape index (κ3) is 4.69. The Kier molecular flexibility index (Phi) is 6.12. The Morgan fingerprint density at radius 3 is 2.60 bits per heavy atom. The molecule has 1 aliphatic heterocycles. The summed E-state index contributed by atoms with van der Waals surface area (Å²) in [5.41, 5.74) is 4.87. The molecule has 35 heavy (non-hydrogen) atoms. The fourth-order valence-electron chi connectivity index (χ4n) is 4.08. The van der Waals surface area contributed by atoms with Crippen molar-refractivity contribution in [2.45, 2.75) is 32.5 Å². The minimum atomic E-state index is -0.325. The predicted molar refractivity (Wildman–Crippen MR) is 133 cm³/mol. The van der Waals surface area contributed by atoms with Crippen molar-refractivity contribution >= 4 is 34.5 Å². The van der Waals surface area contributed by atoms with Crippen molar-refractivity contribution in [1.82, 2.24) is 19.5 Å². The number of hydrogen-bond donors (Lipinski definition) is 1. The van der Waals surface area contributed by atoms with Crippen LogP contribution in [0.3, 0.4) is 0 Å². The van der Waals surface area contributed by atoms with E-state index in [0.717, 1.165) is 27.9 Å². The molecule has 0 bridgehead atoms. The highest BCUT2D eigenvalue weighted by Gasteiger charge is 2.18. The smallest absolute Gasteiger partial charge is 0.282 e. The number of thioether (sulfide) groups is 1. The minimum Gasteiger partial charge on any atom is -0.454 e. The van der Waals surface area contributed by atoms with E-state index in [1.165, 1.54) is 28.7 Å². The number of fused-ring (bicyclic) bond motifs is 2. The van der Waals surface area contributed by atoms with Crippen LogP contribution in [0.5, 0.6) is 11.5 Å². The molecule has 178 valence electrons. The molecule has 0 saturated carbocycles. The summed E-state index contributed by atoms with van der Waals surface area (Å²) in [5.74, 6) is 1.18. The Balaban J connectivity index is 1.43. The Bertz CT molecular complexity index is 1490. The van der Waals surface area contributed by atoms with Gasteiger partial charge in [-0.1, -0.05) is 35.5 Å². The quantitative estimate of drug-likeness (QED) is 0.323. The summed E-state index contributed by atoms with van der Waals surface area (Å²) in [7, 11) is 0. The lowest BCUT2D eigenvalue weighted by molar-refractivity contribution is -0.113. The summed E-state index contributed by atoms with van der Waals surface area (Å²) in [5, 5.41) is 3.37. The molecule has 5 rings (SSSR count). The van der Waals surface area contributed by atoms with Crippen LogP contribution < -0.4 is 20.3 Å². The van der Waals surface area contributed by atoms with Crippen molar-refractivity contribution in [3.63, 3.8) is 0 Å². The predicted octanol–water partition coefficient (Wildman–Crippen LogP) is 3.62. The van der Waals surface area contributed by atoms with Crippen LogP contribution in [0.4, 0.5) is 5.69 Å². The fourth-order valence-corrected chi connectivity index (χ4v) is 4.87. The average molecular weight is 490 g/mol. The van der Waals surface area contributed by atoms with Gasteiger partial charge in [-0.15, -0.1) is 0 Å². The zero-order chi connectivity index (χ0) is 24.5. The number of rotatable bonds is 6. The summed E-state index contributed by atoms with van der Waals surface area (Å²) in [4.78, 5) is 39.0. The van der Waals surface area contributed by atoms with E-state index in [1.807, 2.05) is 51.1 Å². The number of carbonyl (C=O) groups is 1. The van der Waals surface area contributed by atoms with E-state index in [1.54, 1.807) is 0 Å². The first-order chi connectivity index (χ1) is 16.9. The third-order valence-electron chi connectivity index (χ3n) is 5.61. The summed E-state index contributed by atoms with van der Waals surface area (Å²) in [6.07, 6.45) is 2.95. The van der Waals surface area contributed by atoms with Crippen molar-refractivity contribution in [1.29, 1.82) is 0 Å². The fraction of sp³-hybridized carbons (Fsp3) is 0.240. The van der Waals surface area contributed by atoms with Crippen LogP contribution in [-0.4, -0.2) is 38.0 Å². The van der Waals surface area contributed by atoms with Crippen LogP contribution in [0.15, 0.2) is 52.7 Å². The molecular weight excluding hydrogens is 466 g/mol. The number of carbonyl (C=O) groups excluding carboxylic acids is 1. The number of nitrogens with one attached hydrogen (secondary N) is 1. The maximum absolute atomic E-state index is 13.3. The molecule has 0 unspecified atom stereocenters. The Morgan fingerprint density at radius 1 is 1.06 bits per heavy atom. The van der Waals surface area contributed by atoms with E-state index < -0.39 is 0 Å². The highest BCUT2D eigenvalue weighted by Crippen LogP contribution is 2.33. The topological polar surface area (TPSA) is 108 Å². The van der Waals surface area contributed by atoms with Gasteiger partial charge in [0.05, 0.1) is 12.3 Å². The first-order valence-corrected chi connectivity index (χ1v) is 12.0. The molecule has 0 aliphatic carbocycles. The van der Waals surface area contributed by atoms with E-state index >= 15 is 0 Å². The van der Waals surface area contributed by atoms with Crippen molar-refractivity contribution in [2.75, 3.05) is 17.9 Å². The summed E-state index contributed by atoms with van der Waals surface area (Å²) >= 11 is 1.18. The lowest BCUT2D eigenvalue weighted by Crippen LogP contribution is -2.26. The van der Waals surface area contributed by atoms with Gasteiger partial charge in [0.25, 0.3) is 5.56 Å². The molecule has 3 heterocycles. The number of benzene rings is 2. The normalized spacial score (nSPS) is 12.2. The molecule has 0 spiro atoms. The molecule has 0 saturated heterocycles. The van der Waals surface area contributed by atoms with Crippen LogP contribution in [0.2, 0.25) is 0 Å². The second kappa shape index (κ2) is 9.38. The van der Waals surface area contributed by atoms with E-state index in [2.05, 4.69) is 20.3 Å². The van der Waals surface area contributed by atoms with Gasteiger partial charge < -0.3 is 14.8 Å². The third-order valence-corrected chi connectivity index (χ3v) is 6.59.